The van der Waals surface area contributed by atoms with E-state index < -0.39 is 0 Å². The minimum absolute atomic E-state index is 0.204. The Hall–Kier alpha value is -2.01. The molecule has 0 spiro atoms. The average molecular weight is 284 g/mol. The number of pyridine rings is 1. The molecule has 5 nitrogen and oxygen atoms in total. The van der Waals surface area contributed by atoms with Gasteiger partial charge in [-0.25, -0.2) is 9.97 Å². The average Bonchev–Trinajstić information content (AvgIpc) is 2.97. The first-order chi connectivity index (χ1) is 10.2. The number of nitrogens with zero attached hydrogens (tertiary/aromatic N) is 4. The van der Waals surface area contributed by atoms with Gasteiger partial charge in [-0.3, -0.25) is 4.98 Å². The summed E-state index contributed by atoms with van der Waals surface area (Å²) in [6, 6.07) is 6.20. The fraction of sp³-hybridized carbons (Fsp3) is 0.438. The van der Waals surface area contributed by atoms with Crippen LogP contribution in [0.1, 0.15) is 19.3 Å². The molecule has 0 bridgehead atoms. The third kappa shape index (κ3) is 3.19. The monoisotopic (exact) mass is 284 g/mol. The first-order valence-electron chi connectivity index (χ1n) is 7.30. The van der Waals surface area contributed by atoms with Gasteiger partial charge >= 0.3 is 0 Å². The zero-order chi connectivity index (χ0) is 14.7. The van der Waals surface area contributed by atoms with Crippen LogP contribution >= 0.6 is 0 Å². The summed E-state index contributed by atoms with van der Waals surface area (Å²) in [7, 11) is 4.20. The maximum Gasteiger partial charge on any atom is 0.232 e. The van der Waals surface area contributed by atoms with Crippen molar-refractivity contribution in [1.82, 2.24) is 19.9 Å². The molecule has 0 saturated heterocycles. The van der Waals surface area contributed by atoms with E-state index in [9.17, 15) is 0 Å². The van der Waals surface area contributed by atoms with E-state index in [0.717, 1.165) is 17.8 Å². The number of aromatic nitrogens is 3. The minimum atomic E-state index is 0.204. The fourth-order valence-electron chi connectivity index (χ4n) is 2.81. The molecule has 0 N–H and O–H groups in total. The quantitative estimate of drug-likeness (QED) is 0.863. The predicted molar refractivity (Wildman–Crippen MR) is 81.0 cm³/mol. The predicted octanol–water partition coefficient (Wildman–Crippen LogP) is 2.40. The second-order valence-electron chi connectivity index (χ2n) is 5.57. The van der Waals surface area contributed by atoms with Crippen LogP contribution in [0.2, 0.25) is 0 Å². The van der Waals surface area contributed by atoms with Gasteiger partial charge in [-0.15, -0.1) is 0 Å². The summed E-state index contributed by atoms with van der Waals surface area (Å²) in [6.45, 7) is 0. The van der Waals surface area contributed by atoms with Crippen LogP contribution in [0.15, 0.2) is 36.8 Å². The van der Waals surface area contributed by atoms with Crippen LogP contribution in [0.3, 0.4) is 0 Å². The zero-order valence-corrected chi connectivity index (χ0v) is 12.4. The van der Waals surface area contributed by atoms with Crippen LogP contribution < -0.4 is 4.74 Å². The van der Waals surface area contributed by atoms with Gasteiger partial charge in [-0.1, -0.05) is 6.07 Å². The molecule has 1 fully saturated rings. The molecule has 1 saturated carbocycles. The summed E-state index contributed by atoms with van der Waals surface area (Å²) in [4.78, 5) is 15.3. The van der Waals surface area contributed by atoms with Crippen LogP contribution in [0.25, 0.3) is 11.4 Å². The molecule has 1 aliphatic carbocycles. The highest BCUT2D eigenvalue weighted by atomic mass is 16.5. The Labute approximate surface area is 125 Å². The van der Waals surface area contributed by atoms with E-state index in [2.05, 4.69) is 33.9 Å². The van der Waals surface area contributed by atoms with Crippen LogP contribution in [0.4, 0.5) is 0 Å². The molecule has 110 valence electrons. The molecule has 1 aliphatic rings. The maximum absolute atomic E-state index is 6.00. The van der Waals surface area contributed by atoms with Crippen LogP contribution in [0.5, 0.6) is 5.88 Å². The third-order valence-corrected chi connectivity index (χ3v) is 3.91. The molecule has 2 aromatic rings. The van der Waals surface area contributed by atoms with Gasteiger partial charge < -0.3 is 9.64 Å². The Morgan fingerprint density at radius 2 is 1.95 bits per heavy atom. The molecule has 2 aromatic heterocycles. The van der Waals surface area contributed by atoms with Gasteiger partial charge in [0.05, 0.1) is 18.1 Å². The summed E-state index contributed by atoms with van der Waals surface area (Å²) >= 11 is 0. The van der Waals surface area contributed by atoms with Gasteiger partial charge in [0.25, 0.3) is 0 Å². The molecule has 0 aliphatic heterocycles. The lowest BCUT2D eigenvalue weighted by atomic mass is 10.2. The SMILES string of the molecule is CN(C)C1CCC[C@H]1Oc1cnc(-c2ccccn2)cn1. The standard InChI is InChI=1S/C16H20N4O/c1-20(2)14-7-5-8-15(14)21-16-11-18-13(10-19-16)12-6-3-4-9-17-12/h3-4,6,9-11,14-15H,5,7-8H2,1-2H3/t14?,15-/m1/s1. The zero-order valence-electron chi connectivity index (χ0n) is 12.4. The third-order valence-electron chi connectivity index (χ3n) is 3.91. The molecule has 1 unspecified atom stereocenters. The van der Waals surface area contributed by atoms with Crippen molar-refractivity contribution in [2.75, 3.05) is 14.1 Å². The van der Waals surface area contributed by atoms with E-state index in [1.54, 1.807) is 18.6 Å². The Morgan fingerprint density at radius 3 is 2.62 bits per heavy atom. The van der Waals surface area contributed by atoms with Crippen LogP contribution in [0, 0.1) is 0 Å². The van der Waals surface area contributed by atoms with Gasteiger partial charge in [-0.05, 0) is 45.5 Å². The van der Waals surface area contributed by atoms with Crippen molar-refractivity contribution in [3.63, 3.8) is 0 Å². The number of hydrogen-bond donors (Lipinski definition) is 0. The van der Waals surface area contributed by atoms with E-state index in [-0.39, 0.29) is 6.10 Å². The molecule has 2 heterocycles. The molecule has 0 aromatic carbocycles. The van der Waals surface area contributed by atoms with E-state index in [1.807, 2.05) is 18.2 Å². The Bertz CT molecular complexity index is 571. The highest BCUT2D eigenvalue weighted by molar-refractivity contribution is 5.52. The van der Waals surface area contributed by atoms with Crippen molar-refractivity contribution in [3.8, 4) is 17.3 Å². The second-order valence-corrected chi connectivity index (χ2v) is 5.57. The smallest absolute Gasteiger partial charge is 0.232 e. The summed E-state index contributed by atoms with van der Waals surface area (Å²) in [5.74, 6) is 0.591. The van der Waals surface area contributed by atoms with Gasteiger partial charge in [0.2, 0.25) is 5.88 Å². The van der Waals surface area contributed by atoms with Crippen molar-refractivity contribution >= 4 is 0 Å². The van der Waals surface area contributed by atoms with E-state index in [1.165, 1.54) is 12.8 Å². The lowest BCUT2D eigenvalue weighted by Crippen LogP contribution is -2.38. The molecular weight excluding hydrogens is 264 g/mol. The molecule has 21 heavy (non-hydrogen) atoms. The van der Waals surface area contributed by atoms with E-state index in [4.69, 9.17) is 4.74 Å². The Kier molecular flexibility index (Phi) is 4.10. The topological polar surface area (TPSA) is 51.1 Å². The van der Waals surface area contributed by atoms with Crippen LogP contribution in [-0.4, -0.2) is 46.1 Å². The first-order valence-corrected chi connectivity index (χ1v) is 7.30. The molecule has 0 amide bonds. The van der Waals surface area contributed by atoms with E-state index in [0.29, 0.717) is 11.9 Å². The highest BCUT2D eigenvalue weighted by Gasteiger charge is 2.30. The number of likely N-dealkylation sites (N-methyl/N-ethyl adjacent to an activating group) is 1. The summed E-state index contributed by atoms with van der Waals surface area (Å²) in [5.41, 5.74) is 1.59. The van der Waals surface area contributed by atoms with Gasteiger partial charge in [0, 0.05) is 12.2 Å². The highest BCUT2D eigenvalue weighted by Crippen LogP contribution is 2.26. The van der Waals surface area contributed by atoms with Gasteiger partial charge in [0.15, 0.2) is 0 Å². The lowest BCUT2D eigenvalue weighted by Gasteiger charge is -2.26. The molecule has 2 atom stereocenters. The Morgan fingerprint density at radius 1 is 1.05 bits per heavy atom. The van der Waals surface area contributed by atoms with Crippen molar-refractivity contribution in [3.05, 3.63) is 36.8 Å². The molecular formula is C16H20N4O. The van der Waals surface area contributed by atoms with Crippen molar-refractivity contribution in [1.29, 1.82) is 0 Å². The molecule has 3 rings (SSSR count). The van der Waals surface area contributed by atoms with Gasteiger partial charge in [0.1, 0.15) is 11.8 Å². The summed E-state index contributed by atoms with van der Waals surface area (Å²) < 4.78 is 6.00. The van der Waals surface area contributed by atoms with Crippen molar-refractivity contribution in [2.24, 2.45) is 0 Å². The fourth-order valence-corrected chi connectivity index (χ4v) is 2.81. The first kappa shape index (κ1) is 13.9. The van der Waals surface area contributed by atoms with E-state index >= 15 is 0 Å². The maximum atomic E-state index is 6.00. The summed E-state index contributed by atoms with van der Waals surface area (Å²) in [5, 5.41) is 0. The van der Waals surface area contributed by atoms with Crippen molar-refractivity contribution in [2.45, 2.75) is 31.4 Å². The van der Waals surface area contributed by atoms with Crippen molar-refractivity contribution < 1.29 is 4.74 Å². The van der Waals surface area contributed by atoms with Gasteiger partial charge in [-0.2, -0.15) is 0 Å². The lowest BCUT2D eigenvalue weighted by molar-refractivity contribution is 0.116. The normalized spacial score (nSPS) is 21.7. The summed E-state index contributed by atoms with van der Waals surface area (Å²) in [6.07, 6.45) is 8.82. The van der Waals surface area contributed by atoms with Crippen LogP contribution in [-0.2, 0) is 0 Å². The minimum Gasteiger partial charge on any atom is -0.472 e. The largest absolute Gasteiger partial charge is 0.472 e. The molecule has 5 heteroatoms. The molecule has 0 radical (unpaired) electrons. The second kappa shape index (κ2) is 6.18. The number of hydrogen-bond acceptors (Lipinski definition) is 5. The number of ether oxygens (including phenoxy) is 1. The Balaban J connectivity index is 1.70. The number of rotatable bonds is 4.